The fourth-order valence-corrected chi connectivity index (χ4v) is 1.74. The molecule has 5 heteroatoms. The van der Waals surface area contributed by atoms with Crippen LogP contribution >= 0.6 is 0 Å². The number of aliphatic hydroxyl groups excluding tert-OH is 1. The van der Waals surface area contributed by atoms with Crippen LogP contribution in [0, 0.1) is 6.92 Å². The first-order valence-electron chi connectivity index (χ1n) is 5.35. The summed E-state index contributed by atoms with van der Waals surface area (Å²) in [7, 11) is 3.71. The standard InChI is InChI=1S/C11H19N3O2/c1-8(16)5-6-13(3)11-10(7-15)9(2)12-14(11)4/h7-8,16H,5-6H2,1-4H3. The van der Waals surface area contributed by atoms with Crippen LogP contribution in [-0.2, 0) is 7.05 Å². The number of aldehydes is 1. The molecule has 1 rings (SSSR count). The molecule has 1 aromatic heterocycles. The summed E-state index contributed by atoms with van der Waals surface area (Å²) in [5, 5.41) is 13.4. The van der Waals surface area contributed by atoms with Crippen LogP contribution in [-0.4, -0.2) is 40.9 Å². The van der Waals surface area contributed by atoms with Gasteiger partial charge in [0.25, 0.3) is 0 Å². The smallest absolute Gasteiger partial charge is 0.155 e. The van der Waals surface area contributed by atoms with Crippen molar-refractivity contribution in [2.24, 2.45) is 7.05 Å². The molecule has 1 atom stereocenters. The van der Waals surface area contributed by atoms with Gasteiger partial charge in [-0.1, -0.05) is 0 Å². The summed E-state index contributed by atoms with van der Waals surface area (Å²) in [6.07, 6.45) is 1.16. The van der Waals surface area contributed by atoms with Gasteiger partial charge in [0.05, 0.1) is 17.4 Å². The molecule has 0 aromatic carbocycles. The van der Waals surface area contributed by atoms with Crippen LogP contribution in [0.15, 0.2) is 0 Å². The monoisotopic (exact) mass is 225 g/mol. The molecule has 0 radical (unpaired) electrons. The van der Waals surface area contributed by atoms with Crippen LogP contribution in [0.1, 0.15) is 29.4 Å². The molecule has 0 amide bonds. The molecule has 0 saturated carbocycles. The number of carbonyl (C=O) groups is 1. The summed E-state index contributed by atoms with van der Waals surface area (Å²) in [5.74, 6) is 0.799. The highest BCUT2D eigenvalue weighted by molar-refractivity contribution is 5.84. The topological polar surface area (TPSA) is 58.4 Å². The molecular formula is C11H19N3O2. The average Bonchev–Trinajstić information content (AvgIpc) is 2.49. The van der Waals surface area contributed by atoms with E-state index in [1.807, 2.05) is 25.9 Å². The number of hydrogen-bond donors (Lipinski definition) is 1. The number of rotatable bonds is 5. The molecule has 0 bridgehead atoms. The van der Waals surface area contributed by atoms with Gasteiger partial charge in [-0.05, 0) is 20.3 Å². The molecular weight excluding hydrogens is 206 g/mol. The highest BCUT2D eigenvalue weighted by Crippen LogP contribution is 2.20. The van der Waals surface area contributed by atoms with Crippen LogP contribution < -0.4 is 4.90 Å². The van der Waals surface area contributed by atoms with Crippen molar-refractivity contribution in [1.82, 2.24) is 9.78 Å². The normalized spacial score (nSPS) is 12.6. The predicted octanol–water partition coefficient (Wildman–Crippen LogP) is 0.748. The number of aryl methyl sites for hydroxylation is 2. The van der Waals surface area contributed by atoms with E-state index >= 15 is 0 Å². The van der Waals surface area contributed by atoms with Gasteiger partial charge in [0.1, 0.15) is 5.82 Å². The summed E-state index contributed by atoms with van der Waals surface area (Å²) in [6, 6.07) is 0. The molecule has 0 saturated heterocycles. The van der Waals surface area contributed by atoms with Gasteiger partial charge in [0, 0.05) is 20.6 Å². The van der Waals surface area contributed by atoms with Crippen molar-refractivity contribution >= 4 is 12.1 Å². The summed E-state index contributed by atoms with van der Waals surface area (Å²) in [5.41, 5.74) is 1.35. The van der Waals surface area contributed by atoms with Crippen molar-refractivity contribution in [1.29, 1.82) is 0 Å². The van der Waals surface area contributed by atoms with Crippen molar-refractivity contribution < 1.29 is 9.90 Å². The third-order valence-corrected chi connectivity index (χ3v) is 2.60. The van der Waals surface area contributed by atoms with E-state index < -0.39 is 0 Å². The fraction of sp³-hybridized carbons (Fsp3) is 0.636. The highest BCUT2D eigenvalue weighted by atomic mass is 16.3. The number of hydrogen-bond acceptors (Lipinski definition) is 4. The average molecular weight is 225 g/mol. The maximum absolute atomic E-state index is 11.0. The van der Waals surface area contributed by atoms with E-state index in [1.165, 1.54) is 0 Å². The Kier molecular flexibility index (Phi) is 4.06. The minimum Gasteiger partial charge on any atom is -0.393 e. The molecule has 0 fully saturated rings. The van der Waals surface area contributed by atoms with Crippen molar-refractivity contribution in [3.8, 4) is 0 Å². The third-order valence-electron chi connectivity index (χ3n) is 2.60. The Hall–Kier alpha value is -1.36. The Morgan fingerprint density at radius 3 is 2.75 bits per heavy atom. The fourth-order valence-electron chi connectivity index (χ4n) is 1.74. The summed E-state index contributed by atoms with van der Waals surface area (Å²) >= 11 is 0. The maximum Gasteiger partial charge on any atom is 0.155 e. The Bertz CT molecular complexity index is 372. The largest absolute Gasteiger partial charge is 0.393 e. The lowest BCUT2D eigenvalue weighted by Gasteiger charge is -2.20. The molecule has 1 aromatic rings. The van der Waals surface area contributed by atoms with E-state index in [-0.39, 0.29) is 6.10 Å². The predicted molar refractivity (Wildman–Crippen MR) is 62.9 cm³/mol. The Balaban J connectivity index is 2.89. The van der Waals surface area contributed by atoms with Crippen molar-refractivity contribution in [3.63, 3.8) is 0 Å². The van der Waals surface area contributed by atoms with Gasteiger partial charge >= 0.3 is 0 Å². The van der Waals surface area contributed by atoms with E-state index in [0.29, 0.717) is 18.5 Å². The van der Waals surface area contributed by atoms with Crippen LogP contribution in [0.5, 0.6) is 0 Å². The second-order valence-corrected chi connectivity index (χ2v) is 4.12. The first-order chi connectivity index (χ1) is 7.47. The van der Waals surface area contributed by atoms with Crippen LogP contribution in [0.2, 0.25) is 0 Å². The van der Waals surface area contributed by atoms with E-state index in [9.17, 15) is 9.90 Å². The highest BCUT2D eigenvalue weighted by Gasteiger charge is 2.16. The quantitative estimate of drug-likeness (QED) is 0.751. The Morgan fingerprint density at radius 2 is 2.25 bits per heavy atom. The van der Waals surface area contributed by atoms with Gasteiger partial charge in [-0.3, -0.25) is 9.48 Å². The van der Waals surface area contributed by atoms with E-state index in [1.54, 1.807) is 11.6 Å². The molecule has 0 spiro atoms. The minimum atomic E-state index is -0.337. The number of aliphatic hydroxyl groups is 1. The molecule has 16 heavy (non-hydrogen) atoms. The van der Waals surface area contributed by atoms with Crippen molar-refractivity contribution in [2.45, 2.75) is 26.4 Å². The van der Waals surface area contributed by atoms with E-state index in [2.05, 4.69) is 5.10 Å². The number of aromatic nitrogens is 2. The first-order valence-corrected chi connectivity index (χ1v) is 5.35. The second kappa shape index (κ2) is 5.12. The molecule has 1 unspecified atom stereocenters. The Labute approximate surface area is 95.7 Å². The second-order valence-electron chi connectivity index (χ2n) is 4.12. The zero-order valence-electron chi connectivity index (χ0n) is 10.3. The summed E-state index contributed by atoms with van der Waals surface area (Å²) < 4.78 is 1.70. The molecule has 1 N–H and O–H groups in total. The molecule has 0 aliphatic rings. The van der Waals surface area contributed by atoms with Gasteiger partial charge in [-0.2, -0.15) is 5.10 Å². The van der Waals surface area contributed by atoms with Gasteiger partial charge in [0.2, 0.25) is 0 Å². The van der Waals surface area contributed by atoms with Crippen molar-refractivity contribution in [3.05, 3.63) is 11.3 Å². The number of anilines is 1. The summed E-state index contributed by atoms with van der Waals surface area (Å²) in [4.78, 5) is 12.9. The molecule has 0 aliphatic heterocycles. The zero-order chi connectivity index (χ0) is 12.3. The molecule has 0 aliphatic carbocycles. The minimum absolute atomic E-state index is 0.337. The van der Waals surface area contributed by atoms with Gasteiger partial charge in [-0.15, -0.1) is 0 Å². The van der Waals surface area contributed by atoms with Crippen LogP contribution in [0.4, 0.5) is 5.82 Å². The molecule has 5 nitrogen and oxygen atoms in total. The molecule has 1 heterocycles. The maximum atomic E-state index is 11.0. The third kappa shape index (κ3) is 2.61. The van der Waals surface area contributed by atoms with E-state index in [4.69, 9.17) is 0 Å². The lowest BCUT2D eigenvalue weighted by Crippen LogP contribution is -2.24. The first kappa shape index (κ1) is 12.7. The van der Waals surface area contributed by atoms with Gasteiger partial charge < -0.3 is 10.0 Å². The Morgan fingerprint density at radius 1 is 1.62 bits per heavy atom. The van der Waals surface area contributed by atoms with Gasteiger partial charge in [0.15, 0.2) is 6.29 Å². The van der Waals surface area contributed by atoms with E-state index in [0.717, 1.165) is 17.8 Å². The molecule has 90 valence electrons. The lowest BCUT2D eigenvalue weighted by atomic mass is 10.2. The van der Waals surface area contributed by atoms with Crippen LogP contribution in [0.3, 0.4) is 0 Å². The van der Waals surface area contributed by atoms with Crippen LogP contribution in [0.25, 0.3) is 0 Å². The zero-order valence-corrected chi connectivity index (χ0v) is 10.3. The van der Waals surface area contributed by atoms with Crippen molar-refractivity contribution in [2.75, 3.05) is 18.5 Å². The number of nitrogens with zero attached hydrogens (tertiary/aromatic N) is 3. The van der Waals surface area contributed by atoms with Gasteiger partial charge in [-0.25, -0.2) is 0 Å². The number of carbonyl (C=O) groups excluding carboxylic acids is 1. The SMILES string of the molecule is Cc1nn(C)c(N(C)CCC(C)O)c1C=O. The lowest BCUT2D eigenvalue weighted by molar-refractivity contribution is 0.112. The summed E-state index contributed by atoms with van der Waals surface area (Å²) in [6.45, 7) is 4.26.